The number of hydrogen-bond donors (Lipinski definition) is 1. The first-order chi connectivity index (χ1) is 13.9. The molecule has 29 heavy (non-hydrogen) atoms. The molecule has 0 aliphatic heterocycles. The molecule has 0 spiro atoms. The second-order valence-corrected chi connectivity index (χ2v) is 7.45. The lowest BCUT2D eigenvalue weighted by Crippen LogP contribution is -2.41. The van der Waals surface area contributed by atoms with Crippen molar-refractivity contribution in [3.63, 3.8) is 0 Å². The van der Waals surface area contributed by atoms with E-state index in [1.54, 1.807) is 16.8 Å². The highest BCUT2D eigenvalue weighted by Gasteiger charge is 2.21. The Morgan fingerprint density at radius 1 is 1.10 bits per heavy atom. The van der Waals surface area contributed by atoms with Gasteiger partial charge in [-0.05, 0) is 64.2 Å². The molecule has 0 saturated heterocycles. The van der Waals surface area contributed by atoms with Gasteiger partial charge in [-0.2, -0.15) is 5.10 Å². The van der Waals surface area contributed by atoms with Crippen molar-refractivity contribution in [3.05, 3.63) is 82.9 Å². The zero-order chi connectivity index (χ0) is 21.0. The summed E-state index contributed by atoms with van der Waals surface area (Å²) in [4.78, 5) is 15.0. The standard InChI is InChI=1S/C23H27FN4O/c1-16-22(17(2)28(26-16)20-12-10-19(24)11-13-20)23(29)25-15-21(27(3)4)14-18-8-6-5-7-9-18/h5-13,21H,14-15H2,1-4H3,(H,25,29). The highest BCUT2D eigenvalue weighted by Crippen LogP contribution is 2.18. The van der Waals surface area contributed by atoms with Crippen LogP contribution in [0.4, 0.5) is 4.39 Å². The van der Waals surface area contributed by atoms with Gasteiger partial charge in [0.15, 0.2) is 0 Å². The number of aryl methyl sites for hydroxylation is 1. The smallest absolute Gasteiger partial charge is 0.255 e. The first kappa shape index (κ1) is 20.7. The van der Waals surface area contributed by atoms with Crippen LogP contribution in [0, 0.1) is 19.7 Å². The Balaban J connectivity index is 1.74. The molecule has 1 unspecified atom stereocenters. The maximum absolute atomic E-state index is 13.2. The van der Waals surface area contributed by atoms with Gasteiger partial charge < -0.3 is 10.2 Å². The Labute approximate surface area is 171 Å². The fourth-order valence-electron chi connectivity index (χ4n) is 3.43. The van der Waals surface area contributed by atoms with Crippen molar-refractivity contribution in [2.45, 2.75) is 26.3 Å². The molecule has 1 aromatic heterocycles. The zero-order valence-electron chi connectivity index (χ0n) is 17.3. The molecule has 0 radical (unpaired) electrons. The monoisotopic (exact) mass is 394 g/mol. The molecule has 1 heterocycles. The van der Waals surface area contributed by atoms with Crippen LogP contribution in [0.5, 0.6) is 0 Å². The largest absolute Gasteiger partial charge is 0.350 e. The number of carbonyl (C=O) groups excluding carboxylic acids is 1. The third-order valence-electron chi connectivity index (χ3n) is 5.13. The molecule has 0 saturated carbocycles. The van der Waals surface area contributed by atoms with Crippen molar-refractivity contribution in [2.24, 2.45) is 0 Å². The van der Waals surface area contributed by atoms with Gasteiger partial charge in [-0.1, -0.05) is 30.3 Å². The number of nitrogens with zero attached hydrogens (tertiary/aromatic N) is 3. The van der Waals surface area contributed by atoms with Crippen LogP contribution in [0.15, 0.2) is 54.6 Å². The van der Waals surface area contributed by atoms with Gasteiger partial charge in [0.05, 0.1) is 22.6 Å². The molecule has 6 heteroatoms. The van der Waals surface area contributed by atoms with Crippen LogP contribution < -0.4 is 5.32 Å². The van der Waals surface area contributed by atoms with Crippen LogP contribution >= 0.6 is 0 Å². The second-order valence-electron chi connectivity index (χ2n) is 7.45. The molecule has 1 amide bonds. The van der Waals surface area contributed by atoms with Crippen LogP contribution in [-0.2, 0) is 6.42 Å². The van der Waals surface area contributed by atoms with Gasteiger partial charge in [0.1, 0.15) is 5.82 Å². The second kappa shape index (κ2) is 9.01. The van der Waals surface area contributed by atoms with Gasteiger partial charge in [-0.15, -0.1) is 0 Å². The van der Waals surface area contributed by atoms with Crippen LogP contribution in [0.25, 0.3) is 5.69 Å². The Morgan fingerprint density at radius 2 is 1.76 bits per heavy atom. The maximum atomic E-state index is 13.2. The average Bonchev–Trinajstić information content (AvgIpc) is 3.00. The Kier molecular flexibility index (Phi) is 6.44. The van der Waals surface area contributed by atoms with Crippen molar-refractivity contribution in [1.29, 1.82) is 0 Å². The first-order valence-corrected chi connectivity index (χ1v) is 9.67. The lowest BCUT2D eigenvalue weighted by atomic mass is 10.0. The SMILES string of the molecule is Cc1nn(-c2ccc(F)cc2)c(C)c1C(=O)NCC(Cc1ccccc1)N(C)C. The van der Waals surface area contributed by atoms with E-state index >= 15 is 0 Å². The van der Waals surface area contributed by atoms with Crippen molar-refractivity contribution < 1.29 is 9.18 Å². The van der Waals surface area contributed by atoms with Crippen LogP contribution in [0.1, 0.15) is 27.3 Å². The predicted molar refractivity (Wildman–Crippen MR) is 113 cm³/mol. The van der Waals surface area contributed by atoms with E-state index in [9.17, 15) is 9.18 Å². The van der Waals surface area contributed by atoms with E-state index in [1.165, 1.54) is 17.7 Å². The Morgan fingerprint density at radius 3 is 2.38 bits per heavy atom. The molecule has 1 atom stereocenters. The number of amides is 1. The number of likely N-dealkylation sites (N-methyl/N-ethyl adjacent to an activating group) is 1. The summed E-state index contributed by atoms with van der Waals surface area (Å²) in [6.07, 6.45) is 0.848. The molecule has 3 aromatic rings. The molecular weight excluding hydrogens is 367 g/mol. The Bertz CT molecular complexity index is 965. The third-order valence-corrected chi connectivity index (χ3v) is 5.13. The lowest BCUT2D eigenvalue weighted by molar-refractivity contribution is 0.0940. The highest BCUT2D eigenvalue weighted by atomic mass is 19.1. The molecule has 2 aromatic carbocycles. The lowest BCUT2D eigenvalue weighted by Gasteiger charge is -2.25. The molecule has 1 N–H and O–H groups in total. The summed E-state index contributed by atoms with van der Waals surface area (Å²) >= 11 is 0. The number of hydrogen-bond acceptors (Lipinski definition) is 3. The van der Waals surface area contributed by atoms with Gasteiger partial charge in [0.2, 0.25) is 0 Å². The van der Waals surface area contributed by atoms with Crippen LogP contribution in [0.2, 0.25) is 0 Å². The minimum absolute atomic E-state index is 0.145. The predicted octanol–water partition coefficient (Wildman–Crippen LogP) is 3.53. The van der Waals surface area contributed by atoms with Crippen LogP contribution in [-0.4, -0.2) is 47.3 Å². The quantitative estimate of drug-likeness (QED) is 0.667. The normalized spacial score (nSPS) is 12.2. The van der Waals surface area contributed by atoms with Gasteiger partial charge in [0.25, 0.3) is 5.91 Å². The fourth-order valence-corrected chi connectivity index (χ4v) is 3.43. The maximum Gasteiger partial charge on any atom is 0.255 e. The minimum atomic E-state index is -0.304. The van der Waals surface area contributed by atoms with Crippen molar-refractivity contribution in [2.75, 3.05) is 20.6 Å². The number of aromatic nitrogens is 2. The summed E-state index contributed by atoms with van der Waals surface area (Å²) in [5.74, 6) is -0.449. The van der Waals surface area contributed by atoms with E-state index < -0.39 is 0 Å². The first-order valence-electron chi connectivity index (χ1n) is 9.67. The number of rotatable bonds is 7. The van der Waals surface area contributed by atoms with Gasteiger partial charge in [-0.3, -0.25) is 4.79 Å². The fraction of sp³-hybridized carbons (Fsp3) is 0.304. The summed E-state index contributed by atoms with van der Waals surface area (Å²) in [5.41, 5.74) is 3.90. The molecule has 0 aliphatic rings. The average molecular weight is 394 g/mol. The van der Waals surface area contributed by atoms with E-state index in [2.05, 4.69) is 27.4 Å². The number of halogens is 1. The van der Waals surface area contributed by atoms with E-state index in [1.807, 2.05) is 46.1 Å². The van der Waals surface area contributed by atoms with E-state index in [0.29, 0.717) is 17.8 Å². The van der Waals surface area contributed by atoms with Gasteiger partial charge in [-0.25, -0.2) is 9.07 Å². The zero-order valence-corrected chi connectivity index (χ0v) is 17.3. The van der Waals surface area contributed by atoms with Crippen molar-refractivity contribution >= 4 is 5.91 Å². The molecule has 152 valence electrons. The van der Waals surface area contributed by atoms with E-state index in [4.69, 9.17) is 0 Å². The minimum Gasteiger partial charge on any atom is -0.350 e. The Hall–Kier alpha value is -2.99. The molecular formula is C23H27FN4O. The summed E-state index contributed by atoms with van der Waals surface area (Å²) in [7, 11) is 4.03. The topological polar surface area (TPSA) is 50.2 Å². The summed E-state index contributed by atoms with van der Waals surface area (Å²) in [6.45, 7) is 4.20. The van der Waals surface area contributed by atoms with Crippen LogP contribution in [0.3, 0.4) is 0 Å². The summed E-state index contributed by atoms with van der Waals surface area (Å²) in [5, 5.41) is 7.55. The van der Waals surface area contributed by atoms with Gasteiger partial charge in [0, 0.05) is 12.6 Å². The van der Waals surface area contributed by atoms with Crippen molar-refractivity contribution in [1.82, 2.24) is 20.0 Å². The van der Waals surface area contributed by atoms with E-state index in [-0.39, 0.29) is 17.8 Å². The summed E-state index contributed by atoms with van der Waals surface area (Å²) < 4.78 is 14.9. The number of nitrogens with one attached hydrogen (secondary N) is 1. The number of benzene rings is 2. The highest BCUT2D eigenvalue weighted by molar-refractivity contribution is 5.96. The van der Waals surface area contributed by atoms with E-state index in [0.717, 1.165) is 17.8 Å². The molecule has 0 aliphatic carbocycles. The molecule has 3 rings (SSSR count). The molecule has 0 fully saturated rings. The van der Waals surface area contributed by atoms with Gasteiger partial charge >= 0.3 is 0 Å². The number of carbonyl (C=O) groups is 1. The molecule has 0 bridgehead atoms. The third kappa shape index (κ3) is 4.90. The molecule has 5 nitrogen and oxygen atoms in total. The summed E-state index contributed by atoms with van der Waals surface area (Å²) in [6, 6.07) is 16.5. The van der Waals surface area contributed by atoms with Crippen molar-refractivity contribution in [3.8, 4) is 5.69 Å².